The van der Waals surface area contributed by atoms with Gasteiger partial charge < -0.3 is 5.32 Å². The Labute approximate surface area is 190 Å². The maximum atomic E-state index is 12.2. The van der Waals surface area contributed by atoms with Gasteiger partial charge in [0, 0.05) is 23.4 Å². The van der Waals surface area contributed by atoms with Crippen molar-refractivity contribution in [2.45, 2.75) is 0 Å². The number of rotatable bonds is 5. The summed E-state index contributed by atoms with van der Waals surface area (Å²) in [4.78, 5) is 27.2. The van der Waals surface area contributed by atoms with Crippen LogP contribution in [0.5, 0.6) is 0 Å². The lowest BCUT2D eigenvalue weighted by atomic mass is 10.2. The van der Waals surface area contributed by atoms with Crippen molar-refractivity contribution >= 4 is 68.1 Å². The van der Waals surface area contributed by atoms with E-state index in [2.05, 4.69) is 10.3 Å². The summed E-state index contributed by atoms with van der Waals surface area (Å²) in [5, 5.41) is 15.0. The zero-order chi connectivity index (χ0) is 22.0. The van der Waals surface area contributed by atoms with Crippen molar-refractivity contribution in [2.75, 3.05) is 5.32 Å². The molecule has 6 nitrogen and oxygen atoms in total. The highest BCUT2D eigenvalue weighted by molar-refractivity contribution is 7.21. The molecule has 31 heavy (non-hydrogen) atoms. The van der Waals surface area contributed by atoms with Gasteiger partial charge >= 0.3 is 0 Å². The first kappa shape index (κ1) is 21.0. The van der Waals surface area contributed by atoms with E-state index in [0.717, 1.165) is 20.8 Å². The number of thiazole rings is 1. The summed E-state index contributed by atoms with van der Waals surface area (Å²) in [5.41, 5.74) is 2.47. The molecule has 154 valence electrons. The first-order chi connectivity index (χ1) is 14.9. The molecular formula is C22H13Cl2N3O3S. The summed E-state index contributed by atoms with van der Waals surface area (Å²) < 4.78 is 1.07. The van der Waals surface area contributed by atoms with E-state index < -0.39 is 10.8 Å². The van der Waals surface area contributed by atoms with Gasteiger partial charge in [0.1, 0.15) is 10.0 Å². The van der Waals surface area contributed by atoms with Crippen LogP contribution >= 0.6 is 34.5 Å². The van der Waals surface area contributed by atoms with Gasteiger partial charge in [0.2, 0.25) is 5.91 Å². The second kappa shape index (κ2) is 8.85. The number of aromatic nitrogens is 1. The first-order valence-corrected chi connectivity index (χ1v) is 10.6. The third kappa shape index (κ3) is 4.74. The Balaban J connectivity index is 1.49. The summed E-state index contributed by atoms with van der Waals surface area (Å²) in [7, 11) is 0. The SMILES string of the molecule is O=C(/C=C/c1ccc(Cl)c([N+](=O)[O-])c1)Nc1ccc(-c2nc3ccccc3s2)c(Cl)c1. The van der Waals surface area contributed by atoms with E-state index in [9.17, 15) is 14.9 Å². The van der Waals surface area contributed by atoms with E-state index >= 15 is 0 Å². The van der Waals surface area contributed by atoms with Crippen molar-refractivity contribution in [3.63, 3.8) is 0 Å². The van der Waals surface area contributed by atoms with Crippen molar-refractivity contribution in [1.82, 2.24) is 4.98 Å². The quantitative estimate of drug-likeness (QED) is 0.197. The van der Waals surface area contributed by atoms with Crippen LogP contribution in [0.2, 0.25) is 10.0 Å². The van der Waals surface area contributed by atoms with Crippen LogP contribution in [0.4, 0.5) is 11.4 Å². The van der Waals surface area contributed by atoms with Crippen molar-refractivity contribution < 1.29 is 9.72 Å². The molecule has 1 heterocycles. The average Bonchev–Trinajstić information content (AvgIpc) is 3.17. The third-order valence-electron chi connectivity index (χ3n) is 4.35. The number of hydrogen-bond donors (Lipinski definition) is 1. The van der Waals surface area contributed by atoms with Crippen LogP contribution in [0.15, 0.2) is 66.7 Å². The Hall–Kier alpha value is -3.26. The number of nitro groups is 1. The largest absolute Gasteiger partial charge is 0.322 e. The van der Waals surface area contributed by atoms with Crippen LogP contribution in [0.3, 0.4) is 0 Å². The van der Waals surface area contributed by atoms with Crippen molar-refractivity contribution in [3.8, 4) is 10.6 Å². The molecule has 1 aromatic heterocycles. The summed E-state index contributed by atoms with van der Waals surface area (Å²) in [6.07, 6.45) is 2.75. The van der Waals surface area contributed by atoms with Crippen molar-refractivity contribution in [3.05, 3.63) is 92.5 Å². The number of nitro benzene ring substituents is 1. The van der Waals surface area contributed by atoms with Crippen LogP contribution < -0.4 is 5.32 Å². The third-order valence-corrected chi connectivity index (χ3v) is 6.06. The normalized spacial score (nSPS) is 11.2. The van der Waals surface area contributed by atoms with Gasteiger partial charge in [-0.3, -0.25) is 14.9 Å². The monoisotopic (exact) mass is 469 g/mol. The van der Waals surface area contributed by atoms with Gasteiger partial charge in [0.25, 0.3) is 5.69 Å². The molecule has 4 aromatic rings. The Morgan fingerprint density at radius 3 is 2.61 bits per heavy atom. The van der Waals surface area contributed by atoms with Gasteiger partial charge in [-0.15, -0.1) is 11.3 Å². The fourth-order valence-electron chi connectivity index (χ4n) is 2.88. The molecule has 0 atom stereocenters. The highest BCUT2D eigenvalue weighted by Gasteiger charge is 2.13. The lowest BCUT2D eigenvalue weighted by molar-refractivity contribution is -0.384. The van der Waals surface area contributed by atoms with Crippen LogP contribution in [0.25, 0.3) is 26.9 Å². The summed E-state index contributed by atoms with van der Waals surface area (Å²) >= 11 is 13.8. The molecule has 3 aromatic carbocycles. The Morgan fingerprint density at radius 2 is 1.87 bits per heavy atom. The summed E-state index contributed by atoms with van der Waals surface area (Å²) in [5.74, 6) is -0.401. The van der Waals surface area contributed by atoms with Crippen LogP contribution in [0, 0.1) is 10.1 Å². The number of halogens is 2. The van der Waals surface area contributed by atoms with E-state index in [-0.39, 0.29) is 10.7 Å². The minimum atomic E-state index is -0.575. The number of nitrogens with zero attached hydrogens (tertiary/aromatic N) is 2. The molecule has 0 saturated heterocycles. The topological polar surface area (TPSA) is 85.1 Å². The first-order valence-electron chi connectivity index (χ1n) is 8.99. The van der Waals surface area contributed by atoms with Gasteiger partial charge in [0.05, 0.1) is 20.2 Å². The highest BCUT2D eigenvalue weighted by Crippen LogP contribution is 2.35. The zero-order valence-corrected chi connectivity index (χ0v) is 18.0. The number of nitrogens with one attached hydrogen (secondary N) is 1. The minimum Gasteiger partial charge on any atom is -0.322 e. The van der Waals surface area contributed by atoms with Crippen LogP contribution in [0.1, 0.15) is 5.56 Å². The number of amides is 1. The Kier molecular flexibility index (Phi) is 5.99. The van der Waals surface area contributed by atoms with E-state index in [1.165, 1.54) is 24.3 Å². The summed E-state index contributed by atoms with van der Waals surface area (Å²) in [6, 6.07) is 17.3. The molecule has 0 aliphatic carbocycles. The van der Waals surface area contributed by atoms with E-state index in [0.29, 0.717) is 16.3 Å². The maximum absolute atomic E-state index is 12.2. The number of benzene rings is 3. The molecule has 0 saturated carbocycles. The highest BCUT2D eigenvalue weighted by atomic mass is 35.5. The molecular weight excluding hydrogens is 457 g/mol. The molecule has 1 N–H and O–H groups in total. The standard InChI is InChI=1S/C22H13Cl2N3O3S/c23-16-9-5-13(11-19(16)27(29)30)6-10-21(28)25-14-7-8-15(17(24)12-14)22-26-18-3-1-2-4-20(18)31-22/h1-12H,(H,25,28)/b10-6+. The van der Waals surface area contributed by atoms with Gasteiger partial charge in [0.15, 0.2) is 0 Å². The molecule has 0 bridgehead atoms. The van der Waals surface area contributed by atoms with Crippen LogP contribution in [-0.4, -0.2) is 15.8 Å². The molecule has 0 spiro atoms. The molecule has 4 rings (SSSR count). The number of fused-ring (bicyclic) bond motifs is 1. The molecule has 0 aliphatic rings. The molecule has 0 radical (unpaired) electrons. The predicted octanol–water partition coefficient (Wildman–Crippen LogP) is 6.83. The Morgan fingerprint density at radius 1 is 1.06 bits per heavy atom. The molecule has 0 unspecified atom stereocenters. The second-order valence-corrected chi connectivity index (χ2v) is 8.32. The van der Waals surface area contributed by atoms with Crippen molar-refractivity contribution in [2.24, 2.45) is 0 Å². The average molecular weight is 470 g/mol. The molecule has 9 heteroatoms. The lowest BCUT2D eigenvalue weighted by Crippen LogP contribution is -2.07. The fourth-order valence-corrected chi connectivity index (χ4v) is 4.40. The molecule has 0 fully saturated rings. The fraction of sp³-hybridized carbons (Fsp3) is 0. The van der Waals surface area contributed by atoms with Gasteiger partial charge in [-0.1, -0.05) is 41.4 Å². The molecule has 0 aliphatic heterocycles. The lowest BCUT2D eigenvalue weighted by Gasteiger charge is -2.06. The van der Waals surface area contributed by atoms with Gasteiger partial charge in [-0.05, 0) is 48.0 Å². The molecule has 1 amide bonds. The van der Waals surface area contributed by atoms with Crippen molar-refractivity contribution in [1.29, 1.82) is 0 Å². The smallest absolute Gasteiger partial charge is 0.288 e. The number of carbonyl (C=O) groups excluding carboxylic acids is 1. The van der Waals surface area contributed by atoms with Gasteiger partial charge in [-0.2, -0.15) is 0 Å². The number of hydrogen-bond acceptors (Lipinski definition) is 5. The van der Waals surface area contributed by atoms with E-state index in [1.54, 1.807) is 29.5 Å². The summed E-state index contributed by atoms with van der Waals surface area (Å²) in [6.45, 7) is 0. The number of para-hydroxylation sites is 1. The zero-order valence-electron chi connectivity index (χ0n) is 15.7. The second-order valence-electron chi connectivity index (χ2n) is 6.47. The Bertz CT molecular complexity index is 1320. The maximum Gasteiger partial charge on any atom is 0.288 e. The van der Waals surface area contributed by atoms with Gasteiger partial charge in [-0.25, -0.2) is 4.98 Å². The van der Waals surface area contributed by atoms with Crippen LogP contribution in [-0.2, 0) is 4.79 Å². The minimum absolute atomic E-state index is 0.0365. The van der Waals surface area contributed by atoms with E-state index in [1.807, 2.05) is 30.3 Å². The van der Waals surface area contributed by atoms with E-state index in [4.69, 9.17) is 23.2 Å². The predicted molar refractivity (Wildman–Crippen MR) is 126 cm³/mol. The number of anilines is 1. The number of carbonyl (C=O) groups is 1.